The van der Waals surface area contributed by atoms with E-state index >= 15 is 0 Å². The summed E-state index contributed by atoms with van der Waals surface area (Å²) in [5.41, 5.74) is -0.177. The molecule has 30 heavy (non-hydrogen) atoms. The van der Waals surface area contributed by atoms with Crippen molar-refractivity contribution >= 4 is 16.7 Å². The zero-order valence-electron chi connectivity index (χ0n) is 16.3. The summed E-state index contributed by atoms with van der Waals surface area (Å²) >= 11 is 0. The van der Waals surface area contributed by atoms with Gasteiger partial charge in [-0.2, -0.15) is 13.2 Å². The van der Waals surface area contributed by atoms with Gasteiger partial charge in [-0.3, -0.25) is 4.79 Å². The number of hydrogen-bond donors (Lipinski definition) is 2. The number of alkyl halides is 3. The van der Waals surface area contributed by atoms with Crippen molar-refractivity contribution in [2.24, 2.45) is 5.92 Å². The Bertz CT molecular complexity index is 1060. The molecule has 1 aliphatic heterocycles. The summed E-state index contributed by atoms with van der Waals surface area (Å²) in [7, 11) is 0. The summed E-state index contributed by atoms with van der Waals surface area (Å²) in [5.74, 6) is 1.12. The summed E-state index contributed by atoms with van der Waals surface area (Å²) < 4.78 is 44.0. The van der Waals surface area contributed by atoms with Crippen molar-refractivity contribution < 1.29 is 22.7 Å². The van der Waals surface area contributed by atoms with Crippen LogP contribution >= 0.6 is 0 Å². The van der Waals surface area contributed by atoms with Gasteiger partial charge in [0.25, 0.3) is 5.91 Å². The molecule has 2 N–H and O–H groups in total. The molecule has 4 nitrogen and oxygen atoms in total. The second-order valence-electron chi connectivity index (χ2n) is 7.50. The van der Waals surface area contributed by atoms with Crippen LogP contribution in [-0.2, 0) is 6.18 Å². The quantitative estimate of drug-likeness (QED) is 0.619. The molecule has 0 bridgehead atoms. The molecule has 0 saturated carbocycles. The molecule has 0 aromatic heterocycles. The van der Waals surface area contributed by atoms with Crippen LogP contribution in [0.3, 0.4) is 0 Å². The lowest BCUT2D eigenvalue weighted by Crippen LogP contribution is -2.53. The predicted octanol–water partition coefficient (Wildman–Crippen LogP) is 4.99. The molecule has 0 aliphatic carbocycles. The molecule has 156 valence electrons. The second-order valence-corrected chi connectivity index (χ2v) is 7.50. The summed E-state index contributed by atoms with van der Waals surface area (Å²) in [5, 5.41) is 7.81. The molecular weight excluding hydrogens is 393 g/mol. The highest BCUT2D eigenvalue weighted by molar-refractivity contribution is 6.00. The van der Waals surface area contributed by atoms with Crippen LogP contribution in [0.15, 0.2) is 60.7 Å². The zero-order valence-corrected chi connectivity index (χ0v) is 16.3. The molecule has 1 amide bonds. The minimum absolute atomic E-state index is 0.0868. The highest BCUT2D eigenvalue weighted by atomic mass is 19.4. The standard InChI is InChI=1S/C23H21F3N2O2/c1-14(17-12-27-13-17)28-22(29)16-5-10-20-15(11-16)3-2-4-21(20)30-19-8-6-18(7-9-19)23(24,25)26/h2-11,14,17,27H,12-13H2,1H3,(H,28,29)/t14-/m1/s1. The smallest absolute Gasteiger partial charge is 0.416 e. The molecule has 7 heteroatoms. The van der Waals surface area contributed by atoms with Gasteiger partial charge in [-0.1, -0.05) is 12.1 Å². The molecule has 4 rings (SSSR count). The number of nitrogens with one attached hydrogen (secondary N) is 2. The Hall–Kier alpha value is -3.06. The van der Waals surface area contributed by atoms with Gasteiger partial charge < -0.3 is 15.4 Å². The van der Waals surface area contributed by atoms with Gasteiger partial charge in [-0.15, -0.1) is 0 Å². The average molecular weight is 414 g/mol. The first-order valence-electron chi connectivity index (χ1n) is 9.71. The van der Waals surface area contributed by atoms with Crippen LogP contribution in [0.5, 0.6) is 11.5 Å². The van der Waals surface area contributed by atoms with E-state index in [-0.39, 0.29) is 11.9 Å². The number of carbonyl (C=O) groups is 1. The summed E-state index contributed by atoms with van der Waals surface area (Å²) in [6.45, 7) is 3.81. The van der Waals surface area contributed by atoms with Gasteiger partial charge >= 0.3 is 6.18 Å². The average Bonchev–Trinajstić information content (AvgIpc) is 2.66. The van der Waals surface area contributed by atoms with E-state index in [1.54, 1.807) is 30.3 Å². The minimum Gasteiger partial charge on any atom is -0.457 e. The third kappa shape index (κ3) is 4.26. The van der Waals surface area contributed by atoms with E-state index in [0.717, 1.165) is 36.0 Å². The van der Waals surface area contributed by atoms with Gasteiger partial charge in [-0.05, 0) is 60.8 Å². The van der Waals surface area contributed by atoms with Gasteiger partial charge in [0.2, 0.25) is 0 Å². The topological polar surface area (TPSA) is 50.4 Å². The first-order valence-corrected chi connectivity index (χ1v) is 9.71. The Balaban J connectivity index is 1.53. The molecule has 0 radical (unpaired) electrons. The minimum atomic E-state index is -4.39. The van der Waals surface area contributed by atoms with E-state index in [4.69, 9.17) is 4.74 Å². The van der Waals surface area contributed by atoms with E-state index in [1.807, 2.05) is 13.0 Å². The van der Waals surface area contributed by atoms with E-state index in [2.05, 4.69) is 10.6 Å². The molecular formula is C23H21F3N2O2. The molecule has 3 aromatic rings. The Kier molecular flexibility index (Phi) is 5.39. The van der Waals surface area contributed by atoms with Crippen LogP contribution in [0.1, 0.15) is 22.8 Å². The highest BCUT2D eigenvalue weighted by Gasteiger charge is 2.30. The SMILES string of the molecule is C[C@@H](NC(=O)c1ccc2c(Oc3ccc(C(F)(F)F)cc3)cccc2c1)C1CNC1. The Morgan fingerprint density at radius 3 is 2.47 bits per heavy atom. The lowest BCUT2D eigenvalue weighted by Gasteiger charge is -2.33. The van der Waals surface area contributed by atoms with Gasteiger partial charge in [-0.25, -0.2) is 0 Å². The van der Waals surface area contributed by atoms with Crippen LogP contribution in [0, 0.1) is 5.92 Å². The number of carbonyl (C=O) groups excluding carboxylic acids is 1. The number of fused-ring (bicyclic) bond motifs is 1. The number of ether oxygens (including phenoxy) is 1. The van der Waals surface area contributed by atoms with E-state index in [1.165, 1.54) is 12.1 Å². The van der Waals surface area contributed by atoms with Crippen molar-refractivity contribution in [2.45, 2.75) is 19.1 Å². The van der Waals surface area contributed by atoms with Crippen molar-refractivity contribution in [3.8, 4) is 11.5 Å². The Morgan fingerprint density at radius 2 is 1.83 bits per heavy atom. The molecule has 1 atom stereocenters. The van der Waals surface area contributed by atoms with Gasteiger partial charge in [0.05, 0.1) is 5.56 Å². The normalized spacial score (nSPS) is 15.5. The monoisotopic (exact) mass is 414 g/mol. The second kappa shape index (κ2) is 7.99. The highest BCUT2D eigenvalue weighted by Crippen LogP contribution is 2.33. The van der Waals surface area contributed by atoms with Crippen molar-refractivity contribution in [2.75, 3.05) is 13.1 Å². The van der Waals surface area contributed by atoms with Crippen molar-refractivity contribution in [1.29, 1.82) is 0 Å². The lowest BCUT2D eigenvalue weighted by atomic mass is 9.95. The molecule has 1 aliphatic rings. The fraction of sp³-hybridized carbons (Fsp3) is 0.261. The van der Waals surface area contributed by atoms with Gasteiger partial charge in [0.1, 0.15) is 11.5 Å². The van der Waals surface area contributed by atoms with Crippen LogP contribution < -0.4 is 15.4 Å². The third-order valence-corrected chi connectivity index (χ3v) is 5.39. The largest absolute Gasteiger partial charge is 0.457 e. The number of rotatable bonds is 5. The van der Waals surface area contributed by atoms with E-state index in [9.17, 15) is 18.0 Å². The van der Waals surface area contributed by atoms with Gasteiger partial charge in [0.15, 0.2) is 0 Å². The van der Waals surface area contributed by atoms with Crippen molar-refractivity contribution in [3.05, 3.63) is 71.8 Å². The van der Waals surface area contributed by atoms with Crippen LogP contribution in [0.2, 0.25) is 0 Å². The van der Waals surface area contributed by atoms with Crippen LogP contribution in [0.25, 0.3) is 10.8 Å². The molecule has 3 aromatic carbocycles. The summed E-state index contributed by atoms with van der Waals surface area (Å²) in [6.07, 6.45) is -4.39. The summed E-state index contributed by atoms with van der Waals surface area (Å²) in [4.78, 5) is 12.6. The Labute approximate surface area is 172 Å². The Morgan fingerprint density at radius 1 is 1.10 bits per heavy atom. The van der Waals surface area contributed by atoms with Crippen LogP contribution in [0.4, 0.5) is 13.2 Å². The number of benzene rings is 3. The van der Waals surface area contributed by atoms with Gasteiger partial charge in [0, 0.05) is 36.0 Å². The lowest BCUT2D eigenvalue weighted by molar-refractivity contribution is -0.137. The van der Waals surface area contributed by atoms with Crippen molar-refractivity contribution in [1.82, 2.24) is 10.6 Å². The molecule has 1 saturated heterocycles. The van der Waals surface area contributed by atoms with Crippen molar-refractivity contribution in [3.63, 3.8) is 0 Å². The maximum Gasteiger partial charge on any atom is 0.416 e. The third-order valence-electron chi connectivity index (χ3n) is 5.39. The molecule has 1 fully saturated rings. The number of halogens is 3. The maximum absolute atomic E-state index is 12.7. The predicted molar refractivity (Wildman–Crippen MR) is 109 cm³/mol. The first kappa shape index (κ1) is 20.2. The molecule has 0 unspecified atom stereocenters. The molecule has 0 spiro atoms. The fourth-order valence-electron chi connectivity index (χ4n) is 3.40. The summed E-state index contributed by atoms with van der Waals surface area (Å²) in [6, 6.07) is 15.3. The maximum atomic E-state index is 12.7. The zero-order chi connectivity index (χ0) is 21.3. The number of amides is 1. The van der Waals surface area contributed by atoms with Crippen LogP contribution in [-0.4, -0.2) is 25.0 Å². The fourth-order valence-corrected chi connectivity index (χ4v) is 3.40. The van der Waals surface area contributed by atoms with E-state index < -0.39 is 11.7 Å². The van der Waals surface area contributed by atoms with E-state index in [0.29, 0.717) is 23.0 Å². The number of hydrogen-bond acceptors (Lipinski definition) is 3. The first-order chi connectivity index (χ1) is 14.3. The molecule has 1 heterocycles.